The third-order valence-corrected chi connectivity index (χ3v) is 6.17. The van der Waals surface area contributed by atoms with Crippen LogP contribution in [0.5, 0.6) is 0 Å². The zero-order valence-electron chi connectivity index (χ0n) is 20.9. The molecule has 6 nitrogen and oxygen atoms in total. The maximum atomic E-state index is 13.4. The molecule has 0 bridgehead atoms. The summed E-state index contributed by atoms with van der Waals surface area (Å²) in [5.41, 5.74) is 3.66. The Balaban J connectivity index is 1.67. The normalized spacial score (nSPS) is 15.4. The van der Waals surface area contributed by atoms with Crippen LogP contribution in [0.2, 0.25) is 0 Å². The second-order valence-electron chi connectivity index (χ2n) is 8.70. The number of nitrogens with zero attached hydrogens (tertiary/aromatic N) is 1. The van der Waals surface area contributed by atoms with Gasteiger partial charge in [0.2, 0.25) is 0 Å². The van der Waals surface area contributed by atoms with Crippen LogP contribution in [0.4, 0.5) is 0 Å². The number of dihydropyridines is 1. The van der Waals surface area contributed by atoms with Crippen LogP contribution in [-0.2, 0) is 19.1 Å². The minimum Gasteiger partial charge on any atom is -0.461 e. The highest BCUT2D eigenvalue weighted by Gasteiger charge is 2.38. The predicted octanol–water partition coefficient (Wildman–Crippen LogP) is 5.79. The first-order valence-corrected chi connectivity index (χ1v) is 12.1. The highest BCUT2D eigenvalue weighted by molar-refractivity contribution is 6.00. The fraction of sp³-hybridized carbons (Fsp3) is 0.194. The van der Waals surface area contributed by atoms with Gasteiger partial charge in [-0.1, -0.05) is 78.9 Å². The lowest BCUT2D eigenvalue weighted by Crippen LogP contribution is -2.32. The molecule has 1 unspecified atom stereocenters. The van der Waals surface area contributed by atoms with E-state index in [4.69, 9.17) is 14.7 Å². The molecule has 0 spiro atoms. The molecule has 0 fully saturated rings. The molecule has 1 atom stereocenters. The zero-order valence-corrected chi connectivity index (χ0v) is 20.9. The van der Waals surface area contributed by atoms with Crippen LogP contribution in [0.15, 0.2) is 101 Å². The minimum atomic E-state index is -0.689. The number of rotatable bonds is 8. The Hall–Kier alpha value is -4.63. The molecule has 3 aromatic rings. The first-order chi connectivity index (χ1) is 18.0. The summed E-state index contributed by atoms with van der Waals surface area (Å²) in [4.78, 5) is 26.6. The van der Waals surface area contributed by atoms with Crippen molar-refractivity contribution in [2.45, 2.75) is 26.2 Å². The second-order valence-corrected chi connectivity index (χ2v) is 8.70. The van der Waals surface area contributed by atoms with Crippen molar-refractivity contribution in [3.05, 3.63) is 113 Å². The van der Waals surface area contributed by atoms with E-state index in [2.05, 4.69) is 5.32 Å². The van der Waals surface area contributed by atoms with E-state index in [0.29, 0.717) is 22.5 Å². The summed E-state index contributed by atoms with van der Waals surface area (Å²) >= 11 is 0. The molecule has 0 saturated carbocycles. The van der Waals surface area contributed by atoms with Crippen molar-refractivity contribution in [1.29, 1.82) is 5.26 Å². The van der Waals surface area contributed by atoms with E-state index in [9.17, 15) is 9.59 Å². The third kappa shape index (κ3) is 5.96. The van der Waals surface area contributed by atoms with Crippen molar-refractivity contribution in [2.75, 3.05) is 13.2 Å². The summed E-state index contributed by atoms with van der Waals surface area (Å²) in [5.74, 6) is -1.78. The number of hydrogen-bond acceptors (Lipinski definition) is 6. The van der Waals surface area contributed by atoms with Gasteiger partial charge >= 0.3 is 11.9 Å². The quantitative estimate of drug-likeness (QED) is 0.316. The molecular formula is C31H28N2O4. The predicted molar refractivity (Wildman–Crippen MR) is 143 cm³/mol. The number of esters is 2. The van der Waals surface area contributed by atoms with Gasteiger partial charge in [-0.05, 0) is 41.8 Å². The van der Waals surface area contributed by atoms with Crippen molar-refractivity contribution in [1.82, 2.24) is 5.32 Å². The Morgan fingerprint density at radius 3 is 2.24 bits per heavy atom. The molecule has 3 aromatic carbocycles. The Labute approximate surface area is 216 Å². The molecule has 1 aliphatic rings. The van der Waals surface area contributed by atoms with Crippen LogP contribution in [0, 0.1) is 11.3 Å². The van der Waals surface area contributed by atoms with Crippen molar-refractivity contribution in [3.63, 3.8) is 0 Å². The first-order valence-electron chi connectivity index (χ1n) is 12.1. The maximum Gasteiger partial charge on any atom is 0.337 e. The molecule has 1 aliphatic heterocycles. The number of nitriles is 1. The Morgan fingerprint density at radius 2 is 1.54 bits per heavy atom. The van der Waals surface area contributed by atoms with Crippen LogP contribution in [0.25, 0.3) is 16.8 Å². The summed E-state index contributed by atoms with van der Waals surface area (Å²) in [6.07, 6.45) is 3.75. The van der Waals surface area contributed by atoms with E-state index in [-0.39, 0.29) is 19.6 Å². The smallest absolute Gasteiger partial charge is 0.337 e. The maximum absolute atomic E-state index is 13.4. The number of fused-ring (bicyclic) bond motifs is 1. The standard InChI is InChI=1S/C31H28N2O4/c1-21-27(30(34)36-18-8-12-23-10-4-3-5-11-23)29(26-16-15-24-13-6-7-14-25(24)20-26)28(22(2)33-21)31(35)37-19-9-17-32/h3-8,10-16,20,29,33H,9,18-19H2,1-2H3/b12-8+. The van der Waals surface area contributed by atoms with Crippen molar-refractivity contribution in [3.8, 4) is 6.07 Å². The third-order valence-electron chi connectivity index (χ3n) is 6.17. The summed E-state index contributed by atoms with van der Waals surface area (Å²) in [7, 11) is 0. The van der Waals surface area contributed by atoms with Gasteiger partial charge in [0, 0.05) is 11.4 Å². The summed E-state index contributed by atoms with van der Waals surface area (Å²) < 4.78 is 11.0. The Kier molecular flexibility index (Phi) is 8.17. The molecule has 0 aromatic heterocycles. The summed E-state index contributed by atoms with van der Waals surface area (Å²) in [6.45, 7) is 3.64. The van der Waals surface area contributed by atoms with Gasteiger partial charge in [-0.15, -0.1) is 0 Å². The van der Waals surface area contributed by atoms with Crippen LogP contribution in [-0.4, -0.2) is 25.2 Å². The van der Waals surface area contributed by atoms with E-state index < -0.39 is 17.9 Å². The fourth-order valence-electron chi connectivity index (χ4n) is 4.47. The topological polar surface area (TPSA) is 88.4 Å². The first kappa shape index (κ1) is 25.5. The monoisotopic (exact) mass is 492 g/mol. The Morgan fingerprint density at radius 1 is 0.892 bits per heavy atom. The average Bonchev–Trinajstić information content (AvgIpc) is 2.91. The van der Waals surface area contributed by atoms with Crippen LogP contribution < -0.4 is 5.32 Å². The average molecular weight is 493 g/mol. The van der Waals surface area contributed by atoms with E-state index in [0.717, 1.165) is 21.9 Å². The number of allylic oxidation sites excluding steroid dienone is 2. The summed E-state index contributed by atoms with van der Waals surface area (Å²) in [5, 5.41) is 14.1. The molecule has 4 rings (SSSR count). The molecular weight excluding hydrogens is 464 g/mol. The van der Waals surface area contributed by atoms with Gasteiger partial charge in [-0.2, -0.15) is 5.26 Å². The van der Waals surface area contributed by atoms with Gasteiger partial charge in [0.05, 0.1) is 29.6 Å². The highest BCUT2D eigenvalue weighted by Crippen LogP contribution is 2.40. The lowest BCUT2D eigenvalue weighted by atomic mass is 9.80. The second kappa shape index (κ2) is 11.9. The zero-order chi connectivity index (χ0) is 26.2. The van der Waals surface area contributed by atoms with Gasteiger partial charge in [0.15, 0.2) is 0 Å². The number of benzene rings is 3. The van der Waals surface area contributed by atoms with Crippen LogP contribution in [0.3, 0.4) is 0 Å². The largest absolute Gasteiger partial charge is 0.461 e. The summed E-state index contributed by atoms with van der Waals surface area (Å²) in [6, 6.07) is 25.5. The molecule has 37 heavy (non-hydrogen) atoms. The van der Waals surface area contributed by atoms with E-state index in [1.54, 1.807) is 19.9 Å². The van der Waals surface area contributed by atoms with E-state index in [1.807, 2.05) is 84.9 Å². The SMILES string of the molecule is CC1=C(C(=O)OC/C=C/c2ccccc2)C(c2ccc3ccccc3c2)C(C(=O)OCCC#N)=C(C)N1. The lowest BCUT2D eigenvalue weighted by molar-refractivity contribution is -0.139. The van der Waals surface area contributed by atoms with Crippen LogP contribution >= 0.6 is 0 Å². The van der Waals surface area contributed by atoms with Crippen molar-refractivity contribution < 1.29 is 19.1 Å². The lowest BCUT2D eigenvalue weighted by Gasteiger charge is -2.30. The number of ether oxygens (including phenoxy) is 2. The van der Waals surface area contributed by atoms with Crippen LogP contribution in [0.1, 0.15) is 37.3 Å². The van der Waals surface area contributed by atoms with Gasteiger partial charge in [-0.25, -0.2) is 9.59 Å². The van der Waals surface area contributed by atoms with E-state index >= 15 is 0 Å². The number of hydrogen-bond donors (Lipinski definition) is 1. The molecule has 0 amide bonds. The fourth-order valence-corrected chi connectivity index (χ4v) is 4.47. The molecule has 1 N–H and O–H groups in total. The highest BCUT2D eigenvalue weighted by atomic mass is 16.5. The van der Waals surface area contributed by atoms with Gasteiger partial charge < -0.3 is 14.8 Å². The molecule has 6 heteroatoms. The molecule has 1 heterocycles. The molecule has 0 radical (unpaired) electrons. The number of carbonyl (C=O) groups excluding carboxylic acids is 2. The van der Waals surface area contributed by atoms with Gasteiger partial charge in [0.25, 0.3) is 0 Å². The van der Waals surface area contributed by atoms with Crippen molar-refractivity contribution >= 4 is 28.8 Å². The molecule has 186 valence electrons. The Bertz CT molecular complexity index is 1440. The van der Waals surface area contributed by atoms with Gasteiger partial charge in [-0.3, -0.25) is 0 Å². The molecule has 0 aliphatic carbocycles. The van der Waals surface area contributed by atoms with Crippen molar-refractivity contribution in [2.24, 2.45) is 0 Å². The number of nitrogens with one attached hydrogen (secondary N) is 1. The molecule has 0 saturated heterocycles. The number of carbonyl (C=O) groups is 2. The van der Waals surface area contributed by atoms with E-state index in [1.165, 1.54) is 0 Å². The van der Waals surface area contributed by atoms with Gasteiger partial charge in [0.1, 0.15) is 13.2 Å². The minimum absolute atomic E-state index is 0.0245.